The number of allylic oxidation sites excluding steroid dienone is 1. The summed E-state index contributed by atoms with van der Waals surface area (Å²) >= 11 is 2.23. The first kappa shape index (κ1) is 28.0. The van der Waals surface area contributed by atoms with Crippen LogP contribution < -0.4 is 10.3 Å². The van der Waals surface area contributed by atoms with Crippen molar-refractivity contribution in [2.45, 2.75) is 39.5 Å². The summed E-state index contributed by atoms with van der Waals surface area (Å²) in [6, 6.07) is 11.3. The molecule has 0 bridgehead atoms. The van der Waals surface area contributed by atoms with Gasteiger partial charge in [0, 0.05) is 38.6 Å². The number of aromatic nitrogens is 7. The quantitative estimate of drug-likeness (QED) is 0.180. The Kier molecular flexibility index (Phi) is 9.47. The first-order chi connectivity index (χ1) is 19.0. The summed E-state index contributed by atoms with van der Waals surface area (Å²) in [6.45, 7) is 7.89. The second-order valence-electron chi connectivity index (χ2n) is 8.64. The normalized spacial score (nSPS) is 12.0. The Balaban J connectivity index is 1.73. The van der Waals surface area contributed by atoms with Gasteiger partial charge in [-0.25, -0.2) is 14.5 Å². The highest BCUT2D eigenvalue weighted by Crippen LogP contribution is 2.30. The number of ether oxygens (including phenoxy) is 1. The van der Waals surface area contributed by atoms with Crippen LogP contribution in [0.2, 0.25) is 0 Å². The van der Waals surface area contributed by atoms with Crippen LogP contribution in [0.3, 0.4) is 0 Å². The van der Waals surface area contributed by atoms with E-state index in [4.69, 9.17) is 14.7 Å². The van der Waals surface area contributed by atoms with Crippen LogP contribution >= 0.6 is 22.6 Å². The molecule has 0 atom stereocenters. The molecule has 0 aliphatic carbocycles. The number of methoxy groups -OCH3 is 1. The summed E-state index contributed by atoms with van der Waals surface area (Å²) < 4.78 is 7.63. The minimum absolute atomic E-state index is 0.165. The van der Waals surface area contributed by atoms with Crippen molar-refractivity contribution in [2.75, 3.05) is 7.11 Å². The fraction of sp³-hybridized carbons (Fsp3) is 0.250. The summed E-state index contributed by atoms with van der Waals surface area (Å²) in [5, 5.41) is 14.4. The number of aryl methyl sites for hydroxylation is 2. The lowest BCUT2D eigenvalue weighted by atomic mass is 10.0. The van der Waals surface area contributed by atoms with Crippen molar-refractivity contribution in [1.29, 1.82) is 0 Å². The van der Waals surface area contributed by atoms with E-state index in [-0.39, 0.29) is 12.0 Å². The minimum atomic E-state index is -0.165. The van der Waals surface area contributed by atoms with Crippen LogP contribution in [0.15, 0.2) is 71.2 Å². The first-order valence-electron chi connectivity index (χ1n) is 12.5. The number of benzene rings is 1. The number of unbranched alkanes of at least 4 members (excludes halogenated alkanes) is 1. The predicted octanol–water partition coefficient (Wildman–Crippen LogP) is 5.07. The fourth-order valence-corrected chi connectivity index (χ4v) is 4.67. The SMILES string of the molecule is C=CC(Cc1c(CCCC)nc(C)n(-c2ccc(OC)cn2)c1=O)=N/C=C(\I)c1ccccc1-c1nn[nH]n1. The maximum atomic E-state index is 13.8. The van der Waals surface area contributed by atoms with Gasteiger partial charge >= 0.3 is 0 Å². The molecule has 0 spiro atoms. The van der Waals surface area contributed by atoms with E-state index < -0.39 is 0 Å². The highest BCUT2D eigenvalue weighted by atomic mass is 127. The lowest BCUT2D eigenvalue weighted by Crippen LogP contribution is -2.29. The summed E-state index contributed by atoms with van der Waals surface area (Å²) in [5.41, 5.74) is 3.60. The molecule has 1 N–H and O–H groups in total. The summed E-state index contributed by atoms with van der Waals surface area (Å²) in [7, 11) is 1.58. The average Bonchev–Trinajstić information content (AvgIpc) is 3.50. The van der Waals surface area contributed by atoms with Crippen LogP contribution in [0.25, 0.3) is 20.8 Å². The third-order valence-corrected chi connectivity index (χ3v) is 6.95. The van der Waals surface area contributed by atoms with Crippen molar-refractivity contribution < 1.29 is 4.74 Å². The molecule has 1 aromatic carbocycles. The molecule has 0 aliphatic rings. The van der Waals surface area contributed by atoms with Gasteiger partial charge in [0.15, 0.2) is 0 Å². The van der Waals surface area contributed by atoms with Crippen LogP contribution in [-0.2, 0) is 12.8 Å². The predicted molar refractivity (Wildman–Crippen MR) is 160 cm³/mol. The molecule has 10 nitrogen and oxygen atoms in total. The van der Waals surface area contributed by atoms with Gasteiger partial charge in [-0.1, -0.05) is 44.2 Å². The number of hydrogen-bond donors (Lipinski definition) is 1. The Labute approximate surface area is 240 Å². The van der Waals surface area contributed by atoms with E-state index in [0.29, 0.717) is 40.9 Å². The molecule has 0 amide bonds. The molecule has 0 fully saturated rings. The molecule has 39 heavy (non-hydrogen) atoms. The van der Waals surface area contributed by atoms with Gasteiger partial charge < -0.3 is 4.74 Å². The zero-order valence-corrected chi connectivity index (χ0v) is 24.2. The molecule has 0 unspecified atom stereocenters. The first-order valence-corrected chi connectivity index (χ1v) is 13.5. The maximum absolute atomic E-state index is 13.8. The topological polar surface area (TPSA) is 124 Å². The number of aromatic amines is 1. The number of rotatable bonds is 11. The van der Waals surface area contributed by atoms with Gasteiger partial charge in [-0.2, -0.15) is 5.21 Å². The van der Waals surface area contributed by atoms with E-state index in [1.54, 1.807) is 37.7 Å². The standard InChI is InChI=1S/C28H29IN8O2/c1-5-7-12-25-23(28(38)37(18(3)32-25)26-14-13-20(39-4)16-31-26)15-19(6-2)30-17-24(29)21-10-8-9-11-22(21)27-33-35-36-34-27/h6,8-11,13-14,16-17H,2,5,7,12,15H2,1,3-4H3,(H,33,34,35,36)/b24-17-,30-19?. The van der Waals surface area contributed by atoms with Crippen molar-refractivity contribution in [3.05, 3.63) is 94.4 Å². The van der Waals surface area contributed by atoms with Crippen molar-refractivity contribution in [1.82, 2.24) is 35.2 Å². The zero-order chi connectivity index (χ0) is 27.8. The highest BCUT2D eigenvalue weighted by Gasteiger charge is 2.18. The molecule has 4 rings (SSSR count). The van der Waals surface area contributed by atoms with E-state index in [1.165, 1.54) is 4.57 Å². The number of tetrazole rings is 1. The monoisotopic (exact) mass is 636 g/mol. The molecule has 4 aromatic rings. The van der Waals surface area contributed by atoms with Gasteiger partial charge in [0.25, 0.3) is 5.56 Å². The molecule has 200 valence electrons. The van der Waals surface area contributed by atoms with Gasteiger partial charge in [0.05, 0.1) is 19.0 Å². The van der Waals surface area contributed by atoms with E-state index in [9.17, 15) is 4.79 Å². The van der Waals surface area contributed by atoms with Crippen LogP contribution in [0, 0.1) is 6.92 Å². The molecule has 0 aliphatic heterocycles. The summed E-state index contributed by atoms with van der Waals surface area (Å²) in [5.74, 6) is 2.18. The molecule has 0 saturated heterocycles. The van der Waals surface area contributed by atoms with Gasteiger partial charge in [-0.15, -0.1) is 10.2 Å². The third-order valence-electron chi connectivity index (χ3n) is 6.09. The molecular formula is C28H29IN8O2. The van der Waals surface area contributed by atoms with E-state index in [1.807, 2.05) is 31.2 Å². The molecule has 3 heterocycles. The van der Waals surface area contributed by atoms with Crippen LogP contribution in [-0.4, -0.2) is 48.0 Å². The number of hydrogen-bond acceptors (Lipinski definition) is 8. The average molecular weight is 636 g/mol. The maximum Gasteiger partial charge on any atom is 0.263 e. The van der Waals surface area contributed by atoms with Crippen LogP contribution in [0.1, 0.15) is 42.4 Å². The molecule has 3 aromatic heterocycles. The van der Waals surface area contributed by atoms with Gasteiger partial charge in [-0.05, 0) is 65.8 Å². The third kappa shape index (κ3) is 6.53. The Morgan fingerprint density at radius 1 is 1.26 bits per heavy atom. The molecule has 11 heteroatoms. The summed E-state index contributed by atoms with van der Waals surface area (Å²) in [6.07, 6.45) is 7.92. The number of halogens is 1. The van der Waals surface area contributed by atoms with Crippen molar-refractivity contribution in [2.24, 2.45) is 4.99 Å². The van der Waals surface area contributed by atoms with Crippen molar-refractivity contribution in [3.63, 3.8) is 0 Å². The fourth-order valence-electron chi connectivity index (χ4n) is 4.07. The number of pyridine rings is 1. The van der Waals surface area contributed by atoms with E-state index in [2.05, 4.69) is 61.7 Å². The second kappa shape index (κ2) is 13.2. The Morgan fingerprint density at radius 3 is 2.74 bits per heavy atom. The van der Waals surface area contributed by atoms with Crippen LogP contribution in [0.5, 0.6) is 5.75 Å². The van der Waals surface area contributed by atoms with Gasteiger partial charge in [0.1, 0.15) is 17.4 Å². The molecular weight excluding hydrogens is 607 g/mol. The number of H-pyrrole nitrogens is 1. The van der Waals surface area contributed by atoms with E-state index >= 15 is 0 Å². The number of nitrogens with zero attached hydrogens (tertiary/aromatic N) is 7. The zero-order valence-electron chi connectivity index (χ0n) is 22.1. The molecule has 0 saturated carbocycles. The highest BCUT2D eigenvalue weighted by molar-refractivity contribution is 14.1. The number of nitrogens with one attached hydrogen (secondary N) is 1. The second-order valence-corrected chi connectivity index (χ2v) is 9.81. The van der Waals surface area contributed by atoms with E-state index in [0.717, 1.165) is 33.2 Å². The van der Waals surface area contributed by atoms with Crippen molar-refractivity contribution in [3.8, 4) is 23.0 Å². The Morgan fingerprint density at radius 2 is 2.08 bits per heavy atom. The summed E-state index contributed by atoms with van der Waals surface area (Å²) in [4.78, 5) is 27.8. The lowest BCUT2D eigenvalue weighted by molar-refractivity contribution is 0.412. The lowest BCUT2D eigenvalue weighted by Gasteiger charge is -2.15. The smallest absolute Gasteiger partial charge is 0.263 e. The largest absolute Gasteiger partial charge is 0.495 e. The Bertz CT molecular complexity index is 1560. The molecule has 0 radical (unpaired) electrons. The van der Waals surface area contributed by atoms with Crippen LogP contribution in [0.4, 0.5) is 0 Å². The van der Waals surface area contributed by atoms with Gasteiger partial charge in [-0.3, -0.25) is 9.79 Å². The number of aliphatic imine (C=N–C) groups is 1. The Hall–Kier alpha value is -4.00. The van der Waals surface area contributed by atoms with Gasteiger partial charge in [0.2, 0.25) is 5.82 Å². The minimum Gasteiger partial charge on any atom is -0.495 e. The van der Waals surface area contributed by atoms with Crippen molar-refractivity contribution >= 4 is 31.9 Å².